The molecule has 2 aromatic rings. The van der Waals surface area contributed by atoms with Crippen LogP contribution in [0, 0.1) is 6.92 Å². The van der Waals surface area contributed by atoms with E-state index in [0.29, 0.717) is 17.7 Å². The van der Waals surface area contributed by atoms with Gasteiger partial charge in [-0.25, -0.2) is 4.98 Å². The number of rotatable bonds is 4. The second kappa shape index (κ2) is 6.47. The van der Waals surface area contributed by atoms with Gasteiger partial charge in [0.2, 0.25) is 5.88 Å². The minimum Gasteiger partial charge on any atom is -0.438 e. The molecule has 0 spiro atoms. The summed E-state index contributed by atoms with van der Waals surface area (Å²) in [5.41, 5.74) is 2.91. The summed E-state index contributed by atoms with van der Waals surface area (Å²) in [6, 6.07) is 7.66. The zero-order valence-electron chi connectivity index (χ0n) is 11.8. The standard InChI is InChI=1S/C16H17Cl2NO/c1-10(2)13-8-15(11(3)7-14(13)18)20-16-12(9-17)5-4-6-19-16/h4-8,10H,9H2,1-3H3. The molecule has 1 aromatic heterocycles. The van der Waals surface area contributed by atoms with Crippen molar-refractivity contribution < 1.29 is 4.74 Å². The summed E-state index contributed by atoms with van der Waals surface area (Å²) in [5.74, 6) is 2.01. The van der Waals surface area contributed by atoms with E-state index >= 15 is 0 Å². The smallest absolute Gasteiger partial charge is 0.223 e. The average molecular weight is 310 g/mol. The molecule has 0 saturated heterocycles. The summed E-state index contributed by atoms with van der Waals surface area (Å²) >= 11 is 12.2. The molecule has 0 aliphatic heterocycles. The van der Waals surface area contributed by atoms with Crippen LogP contribution in [0.4, 0.5) is 0 Å². The molecule has 0 fully saturated rings. The number of pyridine rings is 1. The van der Waals surface area contributed by atoms with Gasteiger partial charge in [0, 0.05) is 16.8 Å². The van der Waals surface area contributed by atoms with Crippen molar-refractivity contribution in [1.82, 2.24) is 4.98 Å². The van der Waals surface area contributed by atoms with Crippen LogP contribution in [0.15, 0.2) is 30.5 Å². The lowest BCUT2D eigenvalue weighted by Crippen LogP contribution is -1.97. The number of hydrogen-bond acceptors (Lipinski definition) is 2. The Morgan fingerprint density at radius 1 is 1.30 bits per heavy atom. The molecule has 4 heteroatoms. The Kier molecular flexibility index (Phi) is 4.90. The van der Waals surface area contributed by atoms with E-state index in [1.54, 1.807) is 6.20 Å². The summed E-state index contributed by atoms with van der Waals surface area (Å²) in [5, 5.41) is 0.767. The van der Waals surface area contributed by atoms with Crippen molar-refractivity contribution in [3.05, 3.63) is 52.2 Å². The molecular weight excluding hydrogens is 293 g/mol. The van der Waals surface area contributed by atoms with Crippen LogP contribution in [0.5, 0.6) is 11.6 Å². The van der Waals surface area contributed by atoms with E-state index in [2.05, 4.69) is 18.8 Å². The fourth-order valence-corrected chi connectivity index (χ4v) is 2.58. The van der Waals surface area contributed by atoms with E-state index in [0.717, 1.165) is 27.5 Å². The lowest BCUT2D eigenvalue weighted by molar-refractivity contribution is 0.454. The minimum atomic E-state index is 0.335. The second-order valence-corrected chi connectivity index (χ2v) is 5.67. The van der Waals surface area contributed by atoms with Gasteiger partial charge in [-0.05, 0) is 42.2 Å². The molecule has 1 aromatic carbocycles. The van der Waals surface area contributed by atoms with E-state index in [1.165, 1.54) is 0 Å². The average Bonchev–Trinajstić information content (AvgIpc) is 2.42. The molecule has 0 amide bonds. The Morgan fingerprint density at radius 3 is 2.70 bits per heavy atom. The number of nitrogens with zero attached hydrogens (tertiary/aromatic N) is 1. The predicted octanol–water partition coefficient (Wildman–Crippen LogP) is 5.70. The van der Waals surface area contributed by atoms with Crippen molar-refractivity contribution >= 4 is 23.2 Å². The first kappa shape index (κ1) is 15.1. The Balaban J connectivity index is 2.40. The lowest BCUT2D eigenvalue weighted by atomic mass is 10.0. The summed E-state index contributed by atoms with van der Waals surface area (Å²) in [6.45, 7) is 6.17. The number of alkyl halides is 1. The second-order valence-electron chi connectivity index (χ2n) is 5.00. The highest BCUT2D eigenvalue weighted by Gasteiger charge is 2.12. The zero-order chi connectivity index (χ0) is 14.7. The topological polar surface area (TPSA) is 22.1 Å². The molecule has 20 heavy (non-hydrogen) atoms. The highest BCUT2D eigenvalue weighted by Crippen LogP contribution is 2.34. The Labute approximate surface area is 129 Å². The molecule has 106 valence electrons. The number of benzene rings is 1. The van der Waals surface area contributed by atoms with Crippen LogP contribution in [0.2, 0.25) is 5.02 Å². The van der Waals surface area contributed by atoms with Crippen LogP contribution in [-0.2, 0) is 5.88 Å². The van der Waals surface area contributed by atoms with Gasteiger partial charge in [-0.2, -0.15) is 0 Å². The summed E-state index contributed by atoms with van der Waals surface area (Å²) < 4.78 is 5.92. The largest absolute Gasteiger partial charge is 0.438 e. The molecule has 2 nitrogen and oxygen atoms in total. The SMILES string of the molecule is Cc1cc(Cl)c(C(C)C)cc1Oc1ncccc1CCl. The molecule has 0 aliphatic carbocycles. The van der Waals surface area contributed by atoms with Crippen molar-refractivity contribution in [2.45, 2.75) is 32.6 Å². The summed E-state index contributed by atoms with van der Waals surface area (Å²) in [6.07, 6.45) is 1.69. The van der Waals surface area contributed by atoms with Crippen LogP contribution in [0.25, 0.3) is 0 Å². The quantitative estimate of drug-likeness (QED) is 0.676. The van der Waals surface area contributed by atoms with Crippen molar-refractivity contribution in [3.8, 4) is 11.6 Å². The summed E-state index contributed by atoms with van der Waals surface area (Å²) in [4.78, 5) is 4.24. The molecule has 0 unspecified atom stereocenters. The summed E-state index contributed by atoms with van der Waals surface area (Å²) in [7, 11) is 0. The minimum absolute atomic E-state index is 0.335. The van der Waals surface area contributed by atoms with Gasteiger partial charge in [0.05, 0.1) is 5.88 Å². The van der Waals surface area contributed by atoms with Crippen LogP contribution in [0.3, 0.4) is 0 Å². The Bertz CT molecular complexity index is 611. The predicted molar refractivity (Wildman–Crippen MR) is 84.1 cm³/mol. The van der Waals surface area contributed by atoms with Gasteiger partial charge >= 0.3 is 0 Å². The van der Waals surface area contributed by atoms with Crippen LogP contribution < -0.4 is 4.74 Å². The van der Waals surface area contributed by atoms with Crippen molar-refractivity contribution in [2.75, 3.05) is 0 Å². The highest BCUT2D eigenvalue weighted by molar-refractivity contribution is 6.31. The fourth-order valence-electron chi connectivity index (χ4n) is 1.94. The molecule has 1 heterocycles. The van der Waals surface area contributed by atoms with Gasteiger partial charge in [0.1, 0.15) is 5.75 Å². The first-order chi connectivity index (χ1) is 9.52. The van der Waals surface area contributed by atoms with Gasteiger partial charge in [0.25, 0.3) is 0 Å². The van der Waals surface area contributed by atoms with E-state index in [4.69, 9.17) is 27.9 Å². The molecule has 0 atom stereocenters. The van der Waals surface area contributed by atoms with Crippen molar-refractivity contribution in [3.63, 3.8) is 0 Å². The molecule has 0 radical (unpaired) electrons. The molecule has 0 bridgehead atoms. The van der Waals surface area contributed by atoms with Gasteiger partial charge in [-0.15, -0.1) is 11.6 Å². The fraction of sp³-hybridized carbons (Fsp3) is 0.312. The Morgan fingerprint density at radius 2 is 2.05 bits per heavy atom. The number of hydrogen-bond donors (Lipinski definition) is 0. The number of ether oxygens (including phenoxy) is 1. The third-order valence-corrected chi connectivity index (χ3v) is 3.73. The van der Waals surface area contributed by atoms with Gasteiger partial charge < -0.3 is 4.74 Å². The van der Waals surface area contributed by atoms with E-state index < -0.39 is 0 Å². The third-order valence-electron chi connectivity index (χ3n) is 3.12. The Hall–Kier alpha value is -1.25. The number of aryl methyl sites for hydroxylation is 1. The van der Waals surface area contributed by atoms with Crippen LogP contribution >= 0.6 is 23.2 Å². The maximum absolute atomic E-state index is 6.27. The van der Waals surface area contributed by atoms with Gasteiger partial charge in [-0.3, -0.25) is 0 Å². The van der Waals surface area contributed by atoms with Gasteiger partial charge in [-0.1, -0.05) is 31.5 Å². The van der Waals surface area contributed by atoms with E-state index in [-0.39, 0.29) is 0 Å². The van der Waals surface area contributed by atoms with Gasteiger partial charge in [0.15, 0.2) is 0 Å². The van der Waals surface area contributed by atoms with Crippen LogP contribution in [0.1, 0.15) is 36.5 Å². The maximum Gasteiger partial charge on any atom is 0.223 e. The zero-order valence-corrected chi connectivity index (χ0v) is 13.3. The lowest BCUT2D eigenvalue weighted by Gasteiger charge is -2.15. The molecule has 0 saturated carbocycles. The monoisotopic (exact) mass is 309 g/mol. The first-order valence-electron chi connectivity index (χ1n) is 6.50. The molecule has 2 rings (SSSR count). The van der Waals surface area contributed by atoms with Crippen molar-refractivity contribution in [1.29, 1.82) is 0 Å². The molecule has 0 aliphatic rings. The third kappa shape index (κ3) is 3.25. The first-order valence-corrected chi connectivity index (χ1v) is 7.42. The number of aromatic nitrogens is 1. The number of halogens is 2. The molecule has 0 N–H and O–H groups in total. The maximum atomic E-state index is 6.27. The van der Waals surface area contributed by atoms with Crippen molar-refractivity contribution in [2.24, 2.45) is 0 Å². The molecular formula is C16H17Cl2NO. The highest BCUT2D eigenvalue weighted by atomic mass is 35.5. The normalized spacial score (nSPS) is 10.9. The van der Waals surface area contributed by atoms with E-state index in [9.17, 15) is 0 Å². The van der Waals surface area contributed by atoms with Crippen LogP contribution in [-0.4, -0.2) is 4.98 Å². The van der Waals surface area contributed by atoms with E-state index in [1.807, 2.05) is 31.2 Å².